The predicted molar refractivity (Wildman–Crippen MR) is 78.7 cm³/mol. The Morgan fingerprint density at radius 1 is 1.26 bits per heavy atom. The van der Waals surface area contributed by atoms with Crippen molar-refractivity contribution >= 4 is 17.3 Å². The van der Waals surface area contributed by atoms with Gasteiger partial charge >= 0.3 is 5.97 Å². The Balaban J connectivity index is 3.04. The molecule has 0 aliphatic rings. The Kier molecular flexibility index (Phi) is 4.74. The first-order valence-corrected chi connectivity index (χ1v) is 7.20. The van der Waals surface area contributed by atoms with Crippen LogP contribution in [0.5, 0.6) is 0 Å². The van der Waals surface area contributed by atoms with Crippen LogP contribution in [-0.4, -0.2) is 23.6 Å². The average molecular weight is 284 g/mol. The van der Waals surface area contributed by atoms with Gasteiger partial charge in [-0.2, -0.15) is 0 Å². The summed E-state index contributed by atoms with van der Waals surface area (Å²) in [5, 5.41) is 4.30. The number of nitrogens with one attached hydrogen (secondary N) is 1. The highest BCUT2D eigenvalue weighted by Gasteiger charge is 2.27. The number of rotatable bonds is 3. The van der Waals surface area contributed by atoms with E-state index in [9.17, 15) is 4.79 Å². The van der Waals surface area contributed by atoms with Crippen molar-refractivity contribution in [2.24, 2.45) is 0 Å². The van der Waals surface area contributed by atoms with Gasteiger partial charge in [-0.15, -0.1) is 11.3 Å². The zero-order chi connectivity index (χ0) is 14.8. The first-order chi connectivity index (χ1) is 8.54. The van der Waals surface area contributed by atoms with E-state index in [0.29, 0.717) is 11.4 Å². The summed E-state index contributed by atoms with van der Waals surface area (Å²) in [5.74, 6) is -0.301. The van der Waals surface area contributed by atoms with E-state index in [4.69, 9.17) is 4.74 Å². The molecular formula is C14H24N2O2S. The fourth-order valence-electron chi connectivity index (χ4n) is 1.52. The Morgan fingerprint density at radius 2 is 1.84 bits per heavy atom. The van der Waals surface area contributed by atoms with Gasteiger partial charge in [-0.25, -0.2) is 9.78 Å². The number of nitrogens with zero attached hydrogens (tertiary/aromatic N) is 1. The van der Waals surface area contributed by atoms with Gasteiger partial charge in [0.25, 0.3) is 0 Å². The second-order valence-electron chi connectivity index (χ2n) is 6.63. The SMILES string of the molecule is COC(=O)c1sc(CNC(C)(C)C)nc1C(C)(C)C. The summed E-state index contributed by atoms with van der Waals surface area (Å²) in [5.41, 5.74) is 0.675. The fraction of sp³-hybridized carbons (Fsp3) is 0.714. The van der Waals surface area contributed by atoms with Crippen LogP contribution in [0.3, 0.4) is 0 Å². The minimum atomic E-state index is -0.301. The molecule has 1 rings (SSSR count). The monoisotopic (exact) mass is 284 g/mol. The largest absolute Gasteiger partial charge is 0.465 e. The van der Waals surface area contributed by atoms with Gasteiger partial charge in [-0.05, 0) is 20.8 Å². The molecule has 1 aromatic rings. The maximum absolute atomic E-state index is 11.8. The van der Waals surface area contributed by atoms with Crippen LogP contribution in [-0.2, 0) is 16.7 Å². The standard InChI is InChI=1S/C14H24N2O2S/c1-13(2,3)11-10(12(17)18-7)19-9(16-11)8-15-14(4,5)6/h15H,8H2,1-7H3. The van der Waals surface area contributed by atoms with Gasteiger partial charge < -0.3 is 10.1 Å². The molecule has 0 amide bonds. The number of carbonyl (C=O) groups is 1. The molecule has 0 spiro atoms. The van der Waals surface area contributed by atoms with E-state index < -0.39 is 0 Å². The molecule has 1 heterocycles. The molecule has 0 saturated carbocycles. The predicted octanol–water partition coefficient (Wildman–Crippen LogP) is 3.12. The van der Waals surface area contributed by atoms with Gasteiger partial charge in [0, 0.05) is 17.5 Å². The highest BCUT2D eigenvalue weighted by molar-refractivity contribution is 7.13. The van der Waals surface area contributed by atoms with Crippen LogP contribution in [0.4, 0.5) is 0 Å². The van der Waals surface area contributed by atoms with Gasteiger partial charge in [-0.1, -0.05) is 20.8 Å². The third-order valence-electron chi connectivity index (χ3n) is 2.52. The number of hydrogen-bond donors (Lipinski definition) is 1. The first kappa shape index (κ1) is 16.1. The molecule has 0 fully saturated rings. The van der Waals surface area contributed by atoms with Gasteiger partial charge in [0.15, 0.2) is 0 Å². The third-order valence-corrected chi connectivity index (χ3v) is 3.56. The van der Waals surface area contributed by atoms with Crippen molar-refractivity contribution in [1.82, 2.24) is 10.3 Å². The Morgan fingerprint density at radius 3 is 2.26 bits per heavy atom. The number of thiazole rings is 1. The number of carbonyl (C=O) groups excluding carboxylic acids is 1. The molecule has 5 heteroatoms. The van der Waals surface area contributed by atoms with E-state index in [-0.39, 0.29) is 16.9 Å². The Bertz CT molecular complexity index is 453. The van der Waals surface area contributed by atoms with Crippen LogP contribution in [0.2, 0.25) is 0 Å². The van der Waals surface area contributed by atoms with Crippen molar-refractivity contribution in [3.05, 3.63) is 15.6 Å². The van der Waals surface area contributed by atoms with Crippen LogP contribution < -0.4 is 5.32 Å². The van der Waals surface area contributed by atoms with Crippen LogP contribution in [0.25, 0.3) is 0 Å². The van der Waals surface area contributed by atoms with Gasteiger partial charge in [-0.3, -0.25) is 0 Å². The minimum absolute atomic E-state index is 0.0268. The Labute approximate surface area is 119 Å². The van der Waals surface area contributed by atoms with Crippen molar-refractivity contribution in [3.8, 4) is 0 Å². The average Bonchev–Trinajstić information content (AvgIpc) is 2.68. The van der Waals surface area contributed by atoms with Gasteiger partial charge in [0.1, 0.15) is 9.88 Å². The molecular weight excluding hydrogens is 260 g/mol. The molecule has 1 aromatic heterocycles. The zero-order valence-corrected chi connectivity index (χ0v) is 13.7. The van der Waals surface area contributed by atoms with E-state index in [2.05, 4.69) is 51.8 Å². The van der Waals surface area contributed by atoms with E-state index in [1.807, 2.05) is 0 Å². The summed E-state index contributed by atoms with van der Waals surface area (Å²) >= 11 is 1.41. The zero-order valence-electron chi connectivity index (χ0n) is 12.9. The number of methoxy groups -OCH3 is 1. The summed E-state index contributed by atoms with van der Waals surface area (Å²) in [6.45, 7) is 13.1. The Hall–Kier alpha value is -0.940. The molecule has 1 N–H and O–H groups in total. The molecule has 108 valence electrons. The quantitative estimate of drug-likeness (QED) is 0.867. The van der Waals surface area contributed by atoms with Crippen LogP contribution in [0, 0.1) is 0 Å². The second kappa shape index (κ2) is 5.59. The van der Waals surface area contributed by atoms with Gasteiger partial charge in [0.05, 0.1) is 12.8 Å². The molecule has 0 bridgehead atoms. The van der Waals surface area contributed by atoms with Crippen molar-refractivity contribution in [2.45, 2.75) is 59.0 Å². The number of aromatic nitrogens is 1. The smallest absolute Gasteiger partial charge is 0.350 e. The van der Waals surface area contributed by atoms with Crippen molar-refractivity contribution < 1.29 is 9.53 Å². The molecule has 0 aliphatic heterocycles. The maximum atomic E-state index is 11.8. The summed E-state index contributed by atoms with van der Waals surface area (Å²) in [4.78, 5) is 17.0. The molecule has 0 saturated heterocycles. The summed E-state index contributed by atoms with van der Waals surface area (Å²) in [6, 6.07) is 0. The van der Waals surface area contributed by atoms with E-state index in [1.54, 1.807) is 0 Å². The lowest BCUT2D eigenvalue weighted by molar-refractivity contribution is 0.0603. The lowest BCUT2D eigenvalue weighted by Crippen LogP contribution is -2.35. The molecule has 0 aliphatic carbocycles. The van der Waals surface area contributed by atoms with E-state index >= 15 is 0 Å². The third kappa shape index (κ3) is 4.58. The fourth-order valence-corrected chi connectivity index (χ4v) is 2.65. The van der Waals surface area contributed by atoms with Crippen molar-refractivity contribution in [3.63, 3.8) is 0 Å². The molecule has 4 nitrogen and oxygen atoms in total. The van der Waals surface area contributed by atoms with E-state index in [1.165, 1.54) is 18.4 Å². The number of ether oxygens (including phenoxy) is 1. The number of hydrogen-bond acceptors (Lipinski definition) is 5. The lowest BCUT2D eigenvalue weighted by atomic mass is 9.91. The summed E-state index contributed by atoms with van der Waals surface area (Å²) in [7, 11) is 1.40. The van der Waals surface area contributed by atoms with Crippen molar-refractivity contribution in [1.29, 1.82) is 0 Å². The molecule has 0 aromatic carbocycles. The summed E-state index contributed by atoms with van der Waals surface area (Å²) < 4.78 is 4.84. The van der Waals surface area contributed by atoms with Crippen molar-refractivity contribution in [2.75, 3.05) is 7.11 Å². The maximum Gasteiger partial charge on any atom is 0.350 e. The molecule has 0 atom stereocenters. The first-order valence-electron chi connectivity index (χ1n) is 6.38. The molecule has 0 unspecified atom stereocenters. The second-order valence-corrected chi connectivity index (χ2v) is 7.71. The minimum Gasteiger partial charge on any atom is -0.465 e. The van der Waals surface area contributed by atoms with Crippen LogP contribution >= 0.6 is 11.3 Å². The normalized spacial score (nSPS) is 12.6. The highest BCUT2D eigenvalue weighted by Crippen LogP contribution is 2.30. The van der Waals surface area contributed by atoms with Crippen LogP contribution in [0.1, 0.15) is 61.9 Å². The van der Waals surface area contributed by atoms with Crippen LogP contribution in [0.15, 0.2) is 0 Å². The number of esters is 1. The summed E-state index contributed by atoms with van der Waals surface area (Å²) in [6.07, 6.45) is 0. The van der Waals surface area contributed by atoms with E-state index in [0.717, 1.165) is 10.7 Å². The lowest BCUT2D eigenvalue weighted by Gasteiger charge is -2.19. The molecule has 0 radical (unpaired) electrons. The highest BCUT2D eigenvalue weighted by atomic mass is 32.1. The van der Waals surface area contributed by atoms with Gasteiger partial charge in [0.2, 0.25) is 0 Å². The molecule has 19 heavy (non-hydrogen) atoms. The topological polar surface area (TPSA) is 51.2 Å².